The summed E-state index contributed by atoms with van der Waals surface area (Å²) in [7, 11) is 0. The number of hydrogen-bond acceptors (Lipinski definition) is 2. The highest BCUT2D eigenvalue weighted by Gasteiger charge is 2.39. The van der Waals surface area contributed by atoms with Gasteiger partial charge in [-0.2, -0.15) is 0 Å². The average Bonchev–Trinajstić information content (AvgIpc) is 2.74. The van der Waals surface area contributed by atoms with Gasteiger partial charge in [0.25, 0.3) is 0 Å². The molecule has 1 aliphatic carbocycles. The minimum Gasteiger partial charge on any atom is -0.311 e. The van der Waals surface area contributed by atoms with Crippen molar-refractivity contribution in [2.45, 2.75) is 32.7 Å². The Bertz CT molecular complexity index is 249. The first-order valence-electron chi connectivity index (χ1n) is 5.08. The zero-order valence-electron chi connectivity index (χ0n) is 8.18. The zero-order chi connectivity index (χ0) is 9.15. The molecule has 0 atom stereocenters. The minimum absolute atomic E-state index is 0.678. The normalized spacial score (nSPS) is 18.8. The lowest BCUT2D eigenvalue weighted by Gasteiger charge is -2.12. The van der Waals surface area contributed by atoms with E-state index >= 15 is 0 Å². The third kappa shape index (κ3) is 2.32. The smallest absolute Gasteiger partial charge is 0.0299 e. The molecule has 2 rings (SSSR count). The van der Waals surface area contributed by atoms with Gasteiger partial charge in [0.1, 0.15) is 0 Å². The van der Waals surface area contributed by atoms with Crippen LogP contribution in [0.5, 0.6) is 0 Å². The number of nitrogens with one attached hydrogen (secondary N) is 1. The van der Waals surface area contributed by atoms with Gasteiger partial charge in [0, 0.05) is 18.0 Å². The van der Waals surface area contributed by atoms with Crippen LogP contribution in [0.15, 0.2) is 17.5 Å². The summed E-state index contributed by atoms with van der Waals surface area (Å²) >= 11 is 1.84. The van der Waals surface area contributed by atoms with E-state index in [0.29, 0.717) is 5.41 Å². The van der Waals surface area contributed by atoms with E-state index < -0.39 is 0 Å². The van der Waals surface area contributed by atoms with E-state index in [1.807, 2.05) is 11.3 Å². The molecule has 0 saturated heterocycles. The molecule has 1 nitrogen and oxygen atoms in total. The molecule has 2 heteroatoms. The molecular formula is C11H17NS. The van der Waals surface area contributed by atoms with Crippen LogP contribution in [0.2, 0.25) is 0 Å². The Labute approximate surface area is 84.2 Å². The topological polar surface area (TPSA) is 12.0 Å². The van der Waals surface area contributed by atoms with Gasteiger partial charge in [0.2, 0.25) is 0 Å². The van der Waals surface area contributed by atoms with E-state index in [1.165, 1.54) is 30.7 Å². The van der Waals surface area contributed by atoms with Gasteiger partial charge in [0.15, 0.2) is 0 Å². The summed E-state index contributed by atoms with van der Waals surface area (Å²) in [5.41, 5.74) is 0.678. The number of thiophene rings is 1. The summed E-state index contributed by atoms with van der Waals surface area (Å²) in [5, 5.41) is 5.69. The second-order valence-corrected chi connectivity index (χ2v) is 5.07. The van der Waals surface area contributed by atoms with Crippen molar-refractivity contribution in [3.63, 3.8) is 0 Å². The van der Waals surface area contributed by atoms with Crippen LogP contribution in [0.1, 0.15) is 31.1 Å². The van der Waals surface area contributed by atoms with Crippen molar-refractivity contribution in [3.8, 4) is 0 Å². The van der Waals surface area contributed by atoms with Crippen molar-refractivity contribution < 1.29 is 0 Å². The van der Waals surface area contributed by atoms with Crippen molar-refractivity contribution in [1.82, 2.24) is 5.32 Å². The van der Waals surface area contributed by atoms with Gasteiger partial charge >= 0.3 is 0 Å². The maximum atomic E-state index is 3.55. The van der Waals surface area contributed by atoms with Gasteiger partial charge in [0.05, 0.1) is 0 Å². The van der Waals surface area contributed by atoms with Crippen LogP contribution in [0.3, 0.4) is 0 Å². The van der Waals surface area contributed by atoms with Crippen molar-refractivity contribution in [3.05, 3.63) is 22.4 Å². The Morgan fingerprint density at radius 1 is 1.54 bits per heavy atom. The van der Waals surface area contributed by atoms with Crippen LogP contribution >= 0.6 is 11.3 Å². The largest absolute Gasteiger partial charge is 0.311 e. The van der Waals surface area contributed by atoms with Gasteiger partial charge < -0.3 is 5.32 Å². The molecule has 1 N–H and O–H groups in total. The Kier molecular flexibility index (Phi) is 2.70. The van der Waals surface area contributed by atoms with E-state index in [9.17, 15) is 0 Å². The van der Waals surface area contributed by atoms with Crippen molar-refractivity contribution in [1.29, 1.82) is 0 Å². The predicted molar refractivity (Wildman–Crippen MR) is 58.0 cm³/mol. The van der Waals surface area contributed by atoms with Crippen molar-refractivity contribution in [2.75, 3.05) is 6.54 Å². The maximum absolute atomic E-state index is 3.55. The molecule has 0 unspecified atom stereocenters. The second kappa shape index (κ2) is 3.81. The van der Waals surface area contributed by atoms with E-state index in [4.69, 9.17) is 0 Å². The molecule has 0 amide bonds. The second-order valence-electron chi connectivity index (χ2n) is 4.04. The lowest BCUT2D eigenvalue weighted by Crippen LogP contribution is -2.22. The highest BCUT2D eigenvalue weighted by Crippen LogP contribution is 2.47. The lowest BCUT2D eigenvalue weighted by molar-refractivity contribution is 0.444. The first-order chi connectivity index (χ1) is 6.35. The van der Waals surface area contributed by atoms with Gasteiger partial charge in [-0.05, 0) is 36.1 Å². The van der Waals surface area contributed by atoms with Crippen LogP contribution in [-0.2, 0) is 6.54 Å². The quantitative estimate of drug-likeness (QED) is 0.761. The summed E-state index contributed by atoms with van der Waals surface area (Å²) in [6.07, 6.45) is 4.20. The molecule has 0 aromatic carbocycles. The molecule has 0 aliphatic heterocycles. The fourth-order valence-electron chi connectivity index (χ4n) is 1.70. The summed E-state index contributed by atoms with van der Waals surface area (Å²) < 4.78 is 0. The first-order valence-corrected chi connectivity index (χ1v) is 5.96. The first kappa shape index (κ1) is 9.22. The monoisotopic (exact) mass is 195 g/mol. The fourth-order valence-corrected chi connectivity index (χ4v) is 2.37. The van der Waals surface area contributed by atoms with Crippen LogP contribution in [0.25, 0.3) is 0 Å². The van der Waals surface area contributed by atoms with Crippen LogP contribution < -0.4 is 5.32 Å². The zero-order valence-corrected chi connectivity index (χ0v) is 8.99. The predicted octanol–water partition coefficient (Wildman–Crippen LogP) is 3.03. The SMILES string of the molecule is CCC1(CNCc2cccs2)CC1. The molecule has 1 fully saturated rings. The summed E-state index contributed by atoms with van der Waals surface area (Å²) in [6.45, 7) is 4.57. The molecule has 1 saturated carbocycles. The third-order valence-corrected chi connectivity index (χ3v) is 3.96. The van der Waals surface area contributed by atoms with Crippen molar-refractivity contribution in [2.24, 2.45) is 5.41 Å². The van der Waals surface area contributed by atoms with E-state index in [0.717, 1.165) is 6.54 Å². The molecule has 1 aliphatic rings. The van der Waals surface area contributed by atoms with E-state index in [-0.39, 0.29) is 0 Å². The van der Waals surface area contributed by atoms with Crippen LogP contribution in [0, 0.1) is 5.41 Å². The number of rotatable bonds is 5. The minimum atomic E-state index is 0.678. The highest BCUT2D eigenvalue weighted by atomic mass is 32.1. The molecule has 0 bridgehead atoms. The molecule has 0 spiro atoms. The molecule has 1 aromatic heterocycles. The molecule has 1 heterocycles. The third-order valence-electron chi connectivity index (χ3n) is 3.09. The molecule has 0 radical (unpaired) electrons. The fraction of sp³-hybridized carbons (Fsp3) is 0.636. The highest BCUT2D eigenvalue weighted by molar-refractivity contribution is 7.09. The molecule has 13 heavy (non-hydrogen) atoms. The summed E-state index contributed by atoms with van der Waals surface area (Å²) in [5.74, 6) is 0. The van der Waals surface area contributed by atoms with Gasteiger partial charge in [-0.3, -0.25) is 0 Å². The van der Waals surface area contributed by atoms with Crippen LogP contribution in [0.4, 0.5) is 0 Å². The van der Waals surface area contributed by atoms with Gasteiger partial charge in [-0.1, -0.05) is 13.0 Å². The molecule has 72 valence electrons. The maximum Gasteiger partial charge on any atom is 0.0299 e. The summed E-state index contributed by atoms with van der Waals surface area (Å²) in [4.78, 5) is 1.45. The standard InChI is InChI=1S/C11H17NS/c1-2-11(5-6-11)9-12-8-10-4-3-7-13-10/h3-4,7,12H,2,5-6,8-9H2,1H3. The van der Waals surface area contributed by atoms with E-state index in [2.05, 4.69) is 29.8 Å². The Hall–Kier alpha value is -0.340. The Morgan fingerprint density at radius 2 is 2.38 bits per heavy atom. The lowest BCUT2D eigenvalue weighted by atomic mass is 10.0. The van der Waals surface area contributed by atoms with Crippen LogP contribution in [-0.4, -0.2) is 6.54 Å². The number of hydrogen-bond donors (Lipinski definition) is 1. The van der Waals surface area contributed by atoms with Gasteiger partial charge in [-0.15, -0.1) is 11.3 Å². The average molecular weight is 195 g/mol. The van der Waals surface area contributed by atoms with Crippen molar-refractivity contribution >= 4 is 11.3 Å². The summed E-state index contributed by atoms with van der Waals surface area (Å²) in [6, 6.07) is 4.32. The van der Waals surface area contributed by atoms with E-state index in [1.54, 1.807) is 0 Å². The molecular weight excluding hydrogens is 178 g/mol. The van der Waals surface area contributed by atoms with Gasteiger partial charge in [-0.25, -0.2) is 0 Å². The molecule has 1 aromatic rings. The Morgan fingerprint density at radius 3 is 2.92 bits per heavy atom. The Balaban J connectivity index is 1.70.